The van der Waals surface area contributed by atoms with Crippen molar-refractivity contribution in [3.8, 4) is 5.75 Å². The van der Waals surface area contributed by atoms with Crippen molar-refractivity contribution >= 4 is 23.2 Å². The average molecular weight is 551 g/mol. The van der Waals surface area contributed by atoms with Gasteiger partial charge in [0, 0.05) is 6.07 Å². The number of unbranched alkanes of at least 4 members (excludes halogenated alkanes) is 9. The molecule has 2 aromatic carbocycles. The molecule has 2 aliphatic rings. The Balaban J connectivity index is 0.000000263. The van der Waals surface area contributed by atoms with Crippen molar-refractivity contribution in [1.82, 2.24) is 10.9 Å². The van der Waals surface area contributed by atoms with E-state index in [0.29, 0.717) is 6.54 Å². The van der Waals surface area contributed by atoms with Gasteiger partial charge in [0.2, 0.25) is 11.8 Å². The third-order valence-corrected chi connectivity index (χ3v) is 7.51. The second kappa shape index (κ2) is 16.8. The lowest BCUT2D eigenvalue weighted by molar-refractivity contribution is -0.122. The summed E-state index contributed by atoms with van der Waals surface area (Å²) in [5, 5.41) is 3.81. The predicted octanol–water partition coefficient (Wildman–Crippen LogP) is 6.96. The average Bonchev–Trinajstić information content (AvgIpc) is 3.47. The van der Waals surface area contributed by atoms with E-state index in [4.69, 9.17) is 4.74 Å². The van der Waals surface area contributed by atoms with Gasteiger partial charge in [0.05, 0.1) is 42.9 Å². The highest BCUT2D eigenvalue weighted by atomic mass is 16.5. The predicted molar refractivity (Wildman–Crippen MR) is 164 cm³/mol. The molecule has 2 fully saturated rings. The molecule has 2 amide bonds. The van der Waals surface area contributed by atoms with Crippen LogP contribution < -0.4 is 25.6 Å². The lowest BCUT2D eigenvalue weighted by Gasteiger charge is -2.18. The Morgan fingerprint density at radius 1 is 0.725 bits per heavy atom. The van der Waals surface area contributed by atoms with Crippen LogP contribution in [-0.2, 0) is 9.59 Å². The Kier molecular flexibility index (Phi) is 13.1. The van der Waals surface area contributed by atoms with Crippen LogP contribution >= 0.6 is 0 Å². The van der Waals surface area contributed by atoms with Crippen molar-refractivity contribution in [3.05, 3.63) is 54.1 Å². The Labute approximate surface area is 241 Å². The first-order valence-electron chi connectivity index (χ1n) is 15.3. The standard InChI is InChI=1S/C22H36N2O2.C11H14N2O/c1-3-4-5-6-7-8-9-10-11-12-16-26-21-15-13-14-20(17-21)24-18-19(2)22(25)23-24;1-8-4-3-5-10(6-8)13-7-9(2)11(14)12-13/h13-15,17,19H,3-12,16,18H2,1-2H3,(H,23,25);3-6,9H,7H2,1-2H3,(H,12,14). The van der Waals surface area contributed by atoms with Crippen molar-refractivity contribution in [2.45, 2.75) is 91.9 Å². The summed E-state index contributed by atoms with van der Waals surface area (Å²) in [4.78, 5) is 22.9. The van der Waals surface area contributed by atoms with Gasteiger partial charge >= 0.3 is 0 Å². The van der Waals surface area contributed by atoms with Crippen LogP contribution in [0.1, 0.15) is 90.5 Å². The van der Waals surface area contributed by atoms with E-state index in [1.54, 1.807) is 0 Å². The SMILES string of the molecule is CCCCCCCCCCCCOc1cccc(N2CC(C)C(=O)N2)c1.Cc1cccc(N2CC(C)C(=O)N2)c1. The molecule has 2 aromatic rings. The van der Waals surface area contributed by atoms with Gasteiger partial charge in [-0.25, -0.2) is 0 Å². The van der Waals surface area contributed by atoms with Crippen LogP contribution in [0.4, 0.5) is 11.4 Å². The van der Waals surface area contributed by atoms with E-state index in [-0.39, 0.29) is 23.7 Å². The number of aryl methyl sites for hydroxylation is 1. The van der Waals surface area contributed by atoms with Gasteiger partial charge in [-0.05, 0) is 43.2 Å². The summed E-state index contributed by atoms with van der Waals surface area (Å²) in [6.07, 6.45) is 13.3. The molecule has 220 valence electrons. The van der Waals surface area contributed by atoms with Gasteiger partial charge in [0.15, 0.2) is 0 Å². The number of hydrogen-bond donors (Lipinski definition) is 2. The van der Waals surface area contributed by atoms with Gasteiger partial charge in [-0.1, -0.05) is 96.8 Å². The number of nitrogens with zero attached hydrogens (tertiary/aromatic N) is 2. The molecule has 0 saturated carbocycles. The summed E-state index contributed by atoms with van der Waals surface area (Å²) in [5.41, 5.74) is 8.99. The number of rotatable bonds is 14. The molecular formula is C33H50N4O3. The van der Waals surface area contributed by atoms with Gasteiger partial charge in [-0.15, -0.1) is 0 Å². The normalized spacial score (nSPS) is 18.3. The first-order chi connectivity index (χ1) is 19.4. The van der Waals surface area contributed by atoms with E-state index in [1.165, 1.54) is 63.4 Å². The first kappa shape index (κ1) is 31.3. The van der Waals surface area contributed by atoms with Gasteiger partial charge in [-0.3, -0.25) is 30.5 Å². The summed E-state index contributed by atoms with van der Waals surface area (Å²) in [6.45, 7) is 10.4. The van der Waals surface area contributed by atoms with Gasteiger partial charge in [0.25, 0.3) is 0 Å². The number of ether oxygens (including phenoxy) is 1. The fourth-order valence-electron chi connectivity index (χ4n) is 4.95. The van der Waals surface area contributed by atoms with Crippen molar-refractivity contribution in [2.24, 2.45) is 11.8 Å². The molecule has 0 bridgehead atoms. The molecule has 2 atom stereocenters. The number of carbonyl (C=O) groups is 2. The minimum Gasteiger partial charge on any atom is -0.494 e. The monoisotopic (exact) mass is 550 g/mol. The summed E-state index contributed by atoms with van der Waals surface area (Å²) in [5.74, 6) is 1.18. The Morgan fingerprint density at radius 2 is 1.23 bits per heavy atom. The third-order valence-electron chi connectivity index (χ3n) is 7.51. The first-order valence-corrected chi connectivity index (χ1v) is 15.3. The second-order valence-electron chi connectivity index (χ2n) is 11.3. The van der Waals surface area contributed by atoms with Crippen LogP contribution in [0.15, 0.2) is 48.5 Å². The van der Waals surface area contributed by atoms with Gasteiger partial charge in [-0.2, -0.15) is 0 Å². The molecule has 2 aliphatic heterocycles. The summed E-state index contributed by atoms with van der Waals surface area (Å²) >= 11 is 0. The topological polar surface area (TPSA) is 73.9 Å². The zero-order valence-corrected chi connectivity index (χ0v) is 25.1. The number of hydrogen-bond acceptors (Lipinski definition) is 5. The fourth-order valence-corrected chi connectivity index (χ4v) is 4.95. The van der Waals surface area contributed by atoms with E-state index in [2.05, 4.69) is 23.8 Å². The van der Waals surface area contributed by atoms with Gasteiger partial charge < -0.3 is 4.74 Å². The number of benzene rings is 2. The number of carbonyl (C=O) groups excluding carboxylic acids is 2. The van der Waals surface area contributed by atoms with E-state index in [1.807, 2.05) is 73.3 Å². The number of hydrazine groups is 2. The van der Waals surface area contributed by atoms with Crippen molar-refractivity contribution in [1.29, 1.82) is 0 Å². The molecular weight excluding hydrogens is 500 g/mol. The maximum atomic E-state index is 11.6. The molecule has 2 unspecified atom stereocenters. The highest BCUT2D eigenvalue weighted by Gasteiger charge is 2.27. The van der Waals surface area contributed by atoms with E-state index in [9.17, 15) is 9.59 Å². The maximum absolute atomic E-state index is 11.6. The number of nitrogens with one attached hydrogen (secondary N) is 2. The summed E-state index contributed by atoms with van der Waals surface area (Å²) in [6, 6.07) is 16.1. The van der Waals surface area contributed by atoms with Crippen molar-refractivity contribution < 1.29 is 14.3 Å². The number of amides is 2. The molecule has 2 heterocycles. The van der Waals surface area contributed by atoms with Crippen LogP contribution in [0.2, 0.25) is 0 Å². The van der Waals surface area contributed by atoms with Crippen LogP contribution in [0.25, 0.3) is 0 Å². The van der Waals surface area contributed by atoms with Crippen LogP contribution in [0.3, 0.4) is 0 Å². The van der Waals surface area contributed by atoms with Gasteiger partial charge in [0.1, 0.15) is 5.75 Å². The smallest absolute Gasteiger partial charge is 0.243 e. The molecule has 7 heteroatoms. The summed E-state index contributed by atoms with van der Waals surface area (Å²) < 4.78 is 5.89. The lowest BCUT2D eigenvalue weighted by Crippen LogP contribution is -2.32. The molecule has 7 nitrogen and oxygen atoms in total. The Bertz CT molecular complexity index is 1060. The quantitative estimate of drug-likeness (QED) is 0.249. The van der Waals surface area contributed by atoms with Crippen LogP contribution in [0.5, 0.6) is 5.75 Å². The van der Waals surface area contributed by atoms with E-state index in [0.717, 1.165) is 36.7 Å². The molecule has 0 radical (unpaired) electrons. The number of anilines is 2. The largest absolute Gasteiger partial charge is 0.494 e. The molecule has 40 heavy (non-hydrogen) atoms. The molecule has 0 spiro atoms. The second-order valence-corrected chi connectivity index (χ2v) is 11.3. The molecule has 2 N–H and O–H groups in total. The van der Waals surface area contributed by atoms with Crippen molar-refractivity contribution in [2.75, 3.05) is 29.7 Å². The third kappa shape index (κ3) is 10.4. The minimum absolute atomic E-state index is 0.0335. The Hall–Kier alpha value is -3.22. The highest BCUT2D eigenvalue weighted by molar-refractivity contribution is 5.84. The lowest BCUT2D eigenvalue weighted by atomic mass is 10.1. The molecule has 4 rings (SSSR count). The fraction of sp³-hybridized carbons (Fsp3) is 0.576. The molecule has 0 aromatic heterocycles. The maximum Gasteiger partial charge on any atom is 0.243 e. The molecule has 0 aliphatic carbocycles. The molecule has 2 saturated heterocycles. The zero-order valence-electron chi connectivity index (χ0n) is 25.1. The van der Waals surface area contributed by atoms with E-state index < -0.39 is 0 Å². The van der Waals surface area contributed by atoms with Crippen LogP contribution in [0, 0.1) is 18.8 Å². The highest BCUT2D eigenvalue weighted by Crippen LogP contribution is 2.24. The Morgan fingerprint density at radius 3 is 1.73 bits per heavy atom. The van der Waals surface area contributed by atoms with Crippen LogP contribution in [-0.4, -0.2) is 31.5 Å². The van der Waals surface area contributed by atoms with Crippen molar-refractivity contribution in [3.63, 3.8) is 0 Å². The summed E-state index contributed by atoms with van der Waals surface area (Å²) in [7, 11) is 0. The van der Waals surface area contributed by atoms with E-state index >= 15 is 0 Å². The zero-order chi connectivity index (χ0) is 28.7. The minimum atomic E-state index is 0.0335.